The second-order valence-electron chi connectivity index (χ2n) is 3.20. The van der Waals surface area contributed by atoms with Gasteiger partial charge in [-0.05, 0) is 37.5 Å². The Bertz CT molecular complexity index is 277. The van der Waals surface area contributed by atoms with Crippen LogP contribution in [0.2, 0.25) is 0 Å². The summed E-state index contributed by atoms with van der Waals surface area (Å²) in [6.07, 6.45) is 0. The Balaban J connectivity index is -0.0000000865. The third kappa shape index (κ3) is 31.6. The Morgan fingerprint density at radius 1 is 0.632 bits per heavy atom. The molecular weight excluding hydrogens is 403 g/mol. The zero-order chi connectivity index (χ0) is 15.5. The zero-order valence-corrected chi connectivity index (χ0v) is 12.9. The minimum atomic E-state index is -1.19. The molecule has 109 valence electrons. The molecule has 0 amide bonds. The number of carboxylic acid groups (broad SMARTS) is 3. The van der Waals surface area contributed by atoms with Crippen LogP contribution in [0.15, 0.2) is 36.5 Å². The summed E-state index contributed by atoms with van der Waals surface area (Å²) >= 11 is 0. The van der Waals surface area contributed by atoms with Gasteiger partial charge in [-0.15, -0.1) is 0 Å². The van der Waals surface area contributed by atoms with Crippen LogP contribution in [0.3, 0.4) is 0 Å². The normalized spacial score (nSPS) is 7.11. The SMILES string of the molecule is C=C(C)C(=O)[O-].C=C(C)C(=O)[O-].C=C(C)C(=O)[O-].[Dy+3]. The van der Waals surface area contributed by atoms with Gasteiger partial charge in [0.1, 0.15) is 0 Å². The standard InChI is InChI=1S/3C4H6O2.Dy/c3*1-3(2)4(5)6;/h3*1H2,2H3,(H,5,6);/q;;;+3/p-3. The summed E-state index contributed by atoms with van der Waals surface area (Å²) in [5.74, 6) is -3.56. The van der Waals surface area contributed by atoms with Crippen molar-refractivity contribution in [3.8, 4) is 0 Å². The van der Waals surface area contributed by atoms with Crippen LogP contribution in [0.1, 0.15) is 20.8 Å². The molecule has 6 nitrogen and oxygen atoms in total. The average molecular weight is 418 g/mol. The first-order valence-electron chi connectivity index (χ1n) is 4.54. The number of hydrogen-bond donors (Lipinski definition) is 0. The topological polar surface area (TPSA) is 120 Å². The number of carboxylic acids is 3. The molecule has 0 unspecified atom stereocenters. The monoisotopic (exact) mass is 419 g/mol. The molecule has 0 aliphatic rings. The first-order chi connectivity index (χ1) is 7.93. The number of rotatable bonds is 3. The summed E-state index contributed by atoms with van der Waals surface area (Å²) in [7, 11) is 0. The molecule has 0 saturated carbocycles. The van der Waals surface area contributed by atoms with E-state index in [0.29, 0.717) is 0 Å². The van der Waals surface area contributed by atoms with Crippen LogP contribution in [0.5, 0.6) is 0 Å². The third-order valence-electron chi connectivity index (χ3n) is 1.05. The van der Waals surface area contributed by atoms with E-state index in [-0.39, 0.29) is 54.9 Å². The average Bonchev–Trinajstić information content (AvgIpc) is 2.18. The van der Waals surface area contributed by atoms with E-state index in [1.165, 1.54) is 20.8 Å². The van der Waals surface area contributed by atoms with E-state index < -0.39 is 17.9 Å². The molecule has 7 heteroatoms. The summed E-state index contributed by atoms with van der Waals surface area (Å²) in [6.45, 7) is 13.4. The summed E-state index contributed by atoms with van der Waals surface area (Å²) in [4.78, 5) is 28.5. The number of carbonyl (C=O) groups excluding carboxylic acids is 3. The maximum Gasteiger partial charge on any atom is 3.00 e. The number of aliphatic carboxylic acids is 3. The van der Waals surface area contributed by atoms with E-state index in [1.807, 2.05) is 0 Å². The number of carbonyl (C=O) groups is 3. The van der Waals surface area contributed by atoms with Gasteiger partial charge in [-0.2, -0.15) is 0 Å². The van der Waals surface area contributed by atoms with E-state index in [4.69, 9.17) is 0 Å². The quantitative estimate of drug-likeness (QED) is 0.487. The van der Waals surface area contributed by atoms with Crippen molar-refractivity contribution < 1.29 is 67.9 Å². The van der Waals surface area contributed by atoms with Crippen molar-refractivity contribution in [1.29, 1.82) is 0 Å². The summed E-state index contributed by atoms with van der Waals surface area (Å²) < 4.78 is 0. The first kappa shape index (κ1) is 26.5. The van der Waals surface area contributed by atoms with E-state index in [9.17, 15) is 29.7 Å². The van der Waals surface area contributed by atoms with Gasteiger partial charge in [-0.1, -0.05) is 19.7 Å². The van der Waals surface area contributed by atoms with E-state index in [2.05, 4.69) is 19.7 Å². The molecule has 0 spiro atoms. The maximum absolute atomic E-state index is 9.49. The van der Waals surface area contributed by atoms with Gasteiger partial charge in [0.25, 0.3) is 0 Å². The summed E-state index contributed by atoms with van der Waals surface area (Å²) in [5, 5.41) is 28.5. The Labute approximate surface area is 142 Å². The summed E-state index contributed by atoms with van der Waals surface area (Å²) in [5.41, 5.74) is 0.194. The molecule has 0 fully saturated rings. The van der Waals surface area contributed by atoms with Crippen molar-refractivity contribution >= 4 is 17.9 Å². The fraction of sp³-hybridized carbons (Fsp3) is 0.250. The Morgan fingerprint density at radius 3 is 0.684 bits per heavy atom. The molecule has 0 aromatic heterocycles. The second kappa shape index (κ2) is 15.0. The van der Waals surface area contributed by atoms with Gasteiger partial charge in [-0.25, -0.2) is 0 Å². The minimum Gasteiger partial charge on any atom is -0.545 e. The number of hydrogen-bond acceptors (Lipinski definition) is 6. The van der Waals surface area contributed by atoms with E-state index in [1.54, 1.807) is 0 Å². The molecule has 0 bridgehead atoms. The van der Waals surface area contributed by atoms with Gasteiger partial charge in [0.15, 0.2) is 0 Å². The summed E-state index contributed by atoms with van der Waals surface area (Å²) in [6, 6.07) is 0. The molecular formula is C12H15DyO6. The van der Waals surface area contributed by atoms with Crippen molar-refractivity contribution in [2.75, 3.05) is 0 Å². The molecule has 0 aromatic carbocycles. The molecule has 0 aliphatic carbocycles. The first-order valence-corrected chi connectivity index (χ1v) is 4.54. The van der Waals surface area contributed by atoms with Crippen LogP contribution in [0.25, 0.3) is 0 Å². The third-order valence-corrected chi connectivity index (χ3v) is 1.05. The second-order valence-corrected chi connectivity index (χ2v) is 3.20. The van der Waals surface area contributed by atoms with Crippen LogP contribution in [0, 0.1) is 38.2 Å². The van der Waals surface area contributed by atoms with Gasteiger partial charge < -0.3 is 29.7 Å². The largest absolute Gasteiger partial charge is 3.00 e. The van der Waals surface area contributed by atoms with Gasteiger partial charge in [0.05, 0.1) is 17.9 Å². The Morgan fingerprint density at radius 2 is 0.684 bits per heavy atom. The van der Waals surface area contributed by atoms with Crippen molar-refractivity contribution in [3.05, 3.63) is 36.5 Å². The van der Waals surface area contributed by atoms with Crippen molar-refractivity contribution in [2.24, 2.45) is 0 Å². The molecule has 0 aromatic rings. The molecule has 0 aliphatic heterocycles. The van der Waals surface area contributed by atoms with Crippen LogP contribution in [0.4, 0.5) is 0 Å². The van der Waals surface area contributed by atoms with Crippen molar-refractivity contribution in [1.82, 2.24) is 0 Å². The van der Waals surface area contributed by atoms with Gasteiger partial charge >= 0.3 is 38.2 Å². The molecule has 0 heterocycles. The van der Waals surface area contributed by atoms with E-state index >= 15 is 0 Å². The smallest absolute Gasteiger partial charge is 0.545 e. The van der Waals surface area contributed by atoms with Gasteiger partial charge in [0, 0.05) is 0 Å². The van der Waals surface area contributed by atoms with Crippen molar-refractivity contribution in [2.45, 2.75) is 20.8 Å². The van der Waals surface area contributed by atoms with Crippen LogP contribution < -0.4 is 15.3 Å². The predicted octanol–water partition coefficient (Wildman–Crippen LogP) is -2.06. The Hall–Kier alpha value is -1.10. The van der Waals surface area contributed by atoms with Gasteiger partial charge in [-0.3, -0.25) is 0 Å². The fourth-order valence-electron chi connectivity index (χ4n) is 0. The van der Waals surface area contributed by atoms with Crippen molar-refractivity contribution in [3.63, 3.8) is 0 Å². The molecule has 0 N–H and O–H groups in total. The molecule has 0 atom stereocenters. The molecule has 0 saturated heterocycles. The Kier molecular flexibility index (Phi) is 20.8. The van der Waals surface area contributed by atoms with Gasteiger partial charge in [0.2, 0.25) is 0 Å². The van der Waals surface area contributed by atoms with Crippen LogP contribution in [-0.4, -0.2) is 17.9 Å². The maximum atomic E-state index is 9.49. The molecule has 19 heavy (non-hydrogen) atoms. The molecule has 1 radical (unpaired) electrons. The predicted molar refractivity (Wildman–Crippen MR) is 59.5 cm³/mol. The fourth-order valence-corrected chi connectivity index (χ4v) is 0. The van der Waals surface area contributed by atoms with Crippen LogP contribution >= 0.6 is 0 Å². The minimum absolute atomic E-state index is 0. The zero-order valence-electron chi connectivity index (χ0n) is 10.9. The van der Waals surface area contributed by atoms with E-state index in [0.717, 1.165) is 0 Å². The van der Waals surface area contributed by atoms with Crippen LogP contribution in [-0.2, 0) is 14.4 Å². The molecule has 0 rings (SSSR count).